The summed E-state index contributed by atoms with van der Waals surface area (Å²) in [7, 11) is 0. The van der Waals surface area contributed by atoms with Gasteiger partial charge in [0.25, 0.3) is 0 Å². The highest BCUT2D eigenvalue weighted by molar-refractivity contribution is 7.99. The van der Waals surface area contributed by atoms with Crippen LogP contribution in [0.4, 0.5) is 5.69 Å². The van der Waals surface area contributed by atoms with Crippen LogP contribution in [0.25, 0.3) is 10.9 Å². The number of benzene rings is 1. The van der Waals surface area contributed by atoms with Gasteiger partial charge in [-0.15, -0.1) is 11.8 Å². The molecule has 4 heteroatoms. The third-order valence-electron chi connectivity index (χ3n) is 3.94. The van der Waals surface area contributed by atoms with E-state index in [1.807, 2.05) is 11.8 Å². The van der Waals surface area contributed by atoms with Gasteiger partial charge in [0, 0.05) is 28.3 Å². The van der Waals surface area contributed by atoms with Crippen LogP contribution >= 0.6 is 11.8 Å². The Hall–Kier alpha value is -1.73. The summed E-state index contributed by atoms with van der Waals surface area (Å²) in [6.07, 6.45) is 4.98. The molecule has 108 valence electrons. The Balaban J connectivity index is 2.19. The molecule has 1 atom stereocenters. The Morgan fingerprint density at radius 1 is 1.48 bits per heavy atom. The minimum Gasteiger partial charge on any atom is -0.381 e. The van der Waals surface area contributed by atoms with Gasteiger partial charge in [0.15, 0.2) is 0 Å². The molecular formula is C17H19N3S. The molecule has 0 saturated heterocycles. The largest absolute Gasteiger partial charge is 0.381 e. The van der Waals surface area contributed by atoms with Crippen LogP contribution in [0.3, 0.4) is 0 Å². The molecule has 0 spiro atoms. The molecule has 3 nitrogen and oxygen atoms in total. The molecule has 0 aliphatic carbocycles. The molecule has 3 rings (SSSR count). The number of aromatic nitrogens is 1. The van der Waals surface area contributed by atoms with Crippen molar-refractivity contribution in [2.24, 2.45) is 0 Å². The van der Waals surface area contributed by atoms with Crippen LogP contribution in [0.15, 0.2) is 23.2 Å². The number of hydrogen-bond donors (Lipinski definition) is 1. The first-order valence-corrected chi connectivity index (χ1v) is 8.47. The van der Waals surface area contributed by atoms with E-state index in [0.29, 0.717) is 11.6 Å². The van der Waals surface area contributed by atoms with Crippen molar-refractivity contribution in [2.75, 3.05) is 11.1 Å². The average molecular weight is 297 g/mol. The van der Waals surface area contributed by atoms with Crippen molar-refractivity contribution < 1.29 is 0 Å². The van der Waals surface area contributed by atoms with E-state index in [2.05, 4.69) is 42.4 Å². The van der Waals surface area contributed by atoms with Gasteiger partial charge in [0.2, 0.25) is 0 Å². The van der Waals surface area contributed by atoms with E-state index in [9.17, 15) is 5.26 Å². The van der Waals surface area contributed by atoms with E-state index < -0.39 is 0 Å². The van der Waals surface area contributed by atoms with Gasteiger partial charge in [-0.25, -0.2) is 0 Å². The Labute approximate surface area is 129 Å². The molecule has 21 heavy (non-hydrogen) atoms. The average Bonchev–Trinajstić information content (AvgIpc) is 2.96. The number of nitriles is 1. The van der Waals surface area contributed by atoms with Crippen molar-refractivity contribution in [3.63, 3.8) is 0 Å². The summed E-state index contributed by atoms with van der Waals surface area (Å²) in [5, 5.41) is 14.1. The summed E-state index contributed by atoms with van der Waals surface area (Å²) in [4.78, 5) is 5.81. The van der Waals surface area contributed by atoms with Crippen LogP contribution in [-0.2, 0) is 6.42 Å². The fourth-order valence-corrected chi connectivity index (χ4v) is 4.04. The molecule has 2 heterocycles. The topological polar surface area (TPSA) is 48.7 Å². The van der Waals surface area contributed by atoms with E-state index in [-0.39, 0.29) is 0 Å². The second kappa shape index (κ2) is 5.95. The second-order valence-corrected chi connectivity index (χ2v) is 6.66. The number of pyridine rings is 1. The molecule has 1 aromatic carbocycles. The van der Waals surface area contributed by atoms with Crippen LogP contribution < -0.4 is 5.32 Å². The minimum absolute atomic E-state index is 0.359. The van der Waals surface area contributed by atoms with Crippen molar-refractivity contribution in [1.29, 1.82) is 5.26 Å². The maximum Gasteiger partial charge on any atom is 0.103 e. The number of thioether (sulfide) groups is 1. The number of nitrogens with zero attached hydrogens (tertiary/aromatic N) is 2. The molecule has 1 unspecified atom stereocenters. The number of fused-ring (bicyclic) bond motifs is 3. The van der Waals surface area contributed by atoms with E-state index in [1.165, 1.54) is 10.5 Å². The maximum atomic E-state index is 9.43. The molecule has 1 aliphatic rings. The van der Waals surface area contributed by atoms with Gasteiger partial charge in [0.1, 0.15) is 6.07 Å². The smallest absolute Gasteiger partial charge is 0.103 e. The molecule has 0 bridgehead atoms. The maximum absolute atomic E-state index is 9.43. The van der Waals surface area contributed by atoms with E-state index in [1.54, 1.807) is 6.20 Å². The first kappa shape index (κ1) is 14.2. The zero-order valence-electron chi connectivity index (χ0n) is 12.4. The first-order chi connectivity index (χ1) is 10.2. The molecule has 1 aromatic heterocycles. The lowest BCUT2D eigenvalue weighted by Gasteiger charge is -2.18. The van der Waals surface area contributed by atoms with Gasteiger partial charge in [0.05, 0.1) is 16.8 Å². The van der Waals surface area contributed by atoms with Gasteiger partial charge < -0.3 is 5.32 Å². The highest BCUT2D eigenvalue weighted by Crippen LogP contribution is 2.39. The lowest BCUT2D eigenvalue weighted by Crippen LogP contribution is -2.16. The number of aryl methyl sites for hydroxylation is 1. The van der Waals surface area contributed by atoms with Gasteiger partial charge >= 0.3 is 0 Å². The Morgan fingerprint density at radius 2 is 2.33 bits per heavy atom. The quantitative estimate of drug-likeness (QED) is 0.911. The van der Waals surface area contributed by atoms with Crippen molar-refractivity contribution in [1.82, 2.24) is 4.98 Å². The summed E-state index contributed by atoms with van der Waals surface area (Å²) in [6, 6.07) is 6.89. The van der Waals surface area contributed by atoms with Crippen molar-refractivity contribution in [2.45, 2.75) is 44.0 Å². The van der Waals surface area contributed by atoms with Gasteiger partial charge in [-0.1, -0.05) is 13.3 Å². The van der Waals surface area contributed by atoms with Gasteiger partial charge in [-0.3, -0.25) is 4.98 Å². The highest BCUT2D eigenvalue weighted by atomic mass is 32.2. The Morgan fingerprint density at radius 3 is 3.10 bits per heavy atom. The zero-order chi connectivity index (χ0) is 14.8. The molecular weight excluding hydrogens is 278 g/mol. The summed E-state index contributed by atoms with van der Waals surface area (Å²) in [5.74, 6) is 1.12. The van der Waals surface area contributed by atoms with Crippen LogP contribution in [-0.4, -0.2) is 16.8 Å². The van der Waals surface area contributed by atoms with Gasteiger partial charge in [-0.05, 0) is 37.5 Å². The van der Waals surface area contributed by atoms with E-state index in [0.717, 1.165) is 41.6 Å². The third kappa shape index (κ3) is 2.58. The van der Waals surface area contributed by atoms with Crippen molar-refractivity contribution >= 4 is 28.4 Å². The van der Waals surface area contributed by atoms with Crippen molar-refractivity contribution in [3.05, 3.63) is 29.5 Å². The van der Waals surface area contributed by atoms with Crippen LogP contribution in [0.5, 0.6) is 0 Å². The van der Waals surface area contributed by atoms with Crippen LogP contribution in [0.1, 0.15) is 37.8 Å². The predicted molar refractivity (Wildman–Crippen MR) is 88.9 cm³/mol. The fraction of sp³-hybridized carbons (Fsp3) is 0.412. The molecule has 0 radical (unpaired) electrons. The third-order valence-corrected chi connectivity index (χ3v) is 5.04. The predicted octanol–water partition coefficient (Wildman–Crippen LogP) is 4.36. The summed E-state index contributed by atoms with van der Waals surface area (Å²) in [6.45, 7) is 4.36. The minimum atomic E-state index is 0.359. The van der Waals surface area contributed by atoms with Crippen molar-refractivity contribution in [3.8, 4) is 6.07 Å². The first-order valence-electron chi connectivity index (χ1n) is 7.48. The van der Waals surface area contributed by atoms with Crippen LogP contribution in [0, 0.1) is 11.3 Å². The molecule has 0 fully saturated rings. The number of anilines is 1. The monoisotopic (exact) mass is 297 g/mol. The molecule has 2 aromatic rings. The second-order valence-electron chi connectivity index (χ2n) is 5.53. The van der Waals surface area contributed by atoms with Crippen LogP contribution in [0.2, 0.25) is 0 Å². The van der Waals surface area contributed by atoms with E-state index in [4.69, 9.17) is 0 Å². The SMILES string of the molecule is CCCC(C)Nc1c(C#N)cnc2ccc3c(c12)CCS3. The molecule has 0 saturated carbocycles. The summed E-state index contributed by atoms with van der Waals surface area (Å²) >= 11 is 1.90. The Kier molecular flexibility index (Phi) is 4.03. The summed E-state index contributed by atoms with van der Waals surface area (Å²) < 4.78 is 0. The van der Waals surface area contributed by atoms with E-state index >= 15 is 0 Å². The number of rotatable bonds is 4. The summed E-state index contributed by atoms with van der Waals surface area (Å²) in [5.41, 5.74) is 3.97. The molecule has 1 N–H and O–H groups in total. The lowest BCUT2D eigenvalue weighted by molar-refractivity contribution is 0.691. The number of hydrogen-bond acceptors (Lipinski definition) is 4. The normalized spacial score (nSPS) is 14.7. The molecule has 1 aliphatic heterocycles. The number of nitrogens with one attached hydrogen (secondary N) is 1. The van der Waals surface area contributed by atoms with Gasteiger partial charge in [-0.2, -0.15) is 5.26 Å². The Bertz CT molecular complexity index is 718. The lowest BCUT2D eigenvalue weighted by atomic mass is 10.0. The zero-order valence-corrected chi connectivity index (χ0v) is 13.3. The highest BCUT2D eigenvalue weighted by Gasteiger charge is 2.20. The molecule has 0 amide bonds. The standard InChI is InChI=1S/C17H19N3S/c1-3-4-11(2)20-17-12(9-18)10-19-14-5-6-15-13(16(14)17)7-8-21-15/h5-6,10-11H,3-4,7-8H2,1-2H3,(H,19,20). The fourth-order valence-electron chi connectivity index (χ4n) is 2.97.